The lowest BCUT2D eigenvalue weighted by atomic mass is 10.2. The largest absolute Gasteiger partial charge is 0.371 e. The quantitative estimate of drug-likeness (QED) is 0.667. The fourth-order valence-electron chi connectivity index (χ4n) is 2.15. The Bertz CT molecular complexity index is 760. The molecule has 1 atom stereocenters. The van der Waals surface area contributed by atoms with Gasteiger partial charge in [-0.1, -0.05) is 22.9 Å². The van der Waals surface area contributed by atoms with Gasteiger partial charge in [0.15, 0.2) is 0 Å². The van der Waals surface area contributed by atoms with Gasteiger partial charge < -0.3 is 4.74 Å². The van der Waals surface area contributed by atoms with Crippen LogP contribution in [0.2, 0.25) is 5.02 Å². The third-order valence-electron chi connectivity index (χ3n) is 3.27. The second kappa shape index (κ2) is 6.57. The van der Waals surface area contributed by atoms with Crippen LogP contribution >= 0.6 is 22.9 Å². The van der Waals surface area contributed by atoms with E-state index in [4.69, 9.17) is 16.3 Å². The second-order valence-electron chi connectivity index (χ2n) is 4.82. The first-order valence-electron chi connectivity index (χ1n) is 6.75. The van der Waals surface area contributed by atoms with E-state index in [0.29, 0.717) is 16.7 Å². The van der Waals surface area contributed by atoms with Crippen LogP contribution in [0.5, 0.6) is 0 Å². The highest BCUT2D eigenvalue weighted by Crippen LogP contribution is 2.32. The van der Waals surface area contributed by atoms with Gasteiger partial charge in [-0.15, -0.1) is 10.2 Å². The number of benzene rings is 1. The van der Waals surface area contributed by atoms with E-state index in [-0.39, 0.29) is 22.4 Å². The predicted octanol–water partition coefficient (Wildman–Crippen LogP) is 3.20. The monoisotopic (exact) mass is 354 g/mol. The van der Waals surface area contributed by atoms with E-state index in [1.165, 1.54) is 23.5 Å². The Labute approximate surface area is 139 Å². The van der Waals surface area contributed by atoms with Crippen molar-refractivity contribution in [1.82, 2.24) is 10.2 Å². The molecule has 2 aromatic rings. The van der Waals surface area contributed by atoms with E-state index in [0.717, 1.165) is 18.9 Å². The van der Waals surface area contributed by atoms with E-state index >= 15 is 0 Å². The Morgan fingerprint density at radius 2 is 2.30 bits per heavy atom. The van der Waals surface area contributed by atoms with E-state index in [9.17, 15) is 14.9 Å². The fourth-order valence-corrected chi connectivity index (χ4v) is 3.16. The van der Waals surface area contributed by atoms with Crippen molar-refractivity contribution in [2.24, 2.45) is 0 Å². The predicted molar refractivity (Wildman–Crippen MR) is 83.9 cm³/mol. The molecule has 1 aliphatic heterocycles. The van der Waals surface area contributed by atoms with Gasteiger partial charge in [0.1, 0.15) is 16.1 Å². The Kier molecular flexibility index (Phi) is 4.51. The molecule has 8 nitrogen and oxygen atoms in total. The summed E-state index contributed by atoms with van der Waals surface area (Å²) in [6, 6.07) is 3.85. The molecule has 0 aliphatic carbocycles. The summed E-state index contributed by atoms with van der Waals surface area (Å²) >= 11 is 6.95. The van der Waals surface area contributed by atoms with Gasteiger partial charge in [0.25, 0.3) is 11.6 Å². The summed E-state index contributed by atoms with van der Waals surface area (Å²) in [5.41, 5.74) is -0.202. The van der Waals surface area contributed by atoms with Crippen LogP contribution in [0.15, 0.2) is 18.2 Å². The van der Waals surface area contributed by atoms with Gasteiger partial charge in [-0.05, 0) is 25.0 Å². The van der Waals surface area contributed by atoms with Crippen LogP contribution in [-0.4, -0.2) is 27.6 Å². The Morgan fingerprint density at radius 3 is 3.00 bits per heavy atom. The number of ether oxygens (including phenoxy) is 1. The molecule has 1 saturated heterocycles. The van der Waals surface area contributed by atoms with Crippen LogP contribution in [0.25, 0.3) is 0 Å². The molecule has 1 aliphatic rings. The molecule has 120 valence electrons. The van der Waals surface area contributed by atoms with Crippen molar-refractivity contribution in [1.29, 1.82) is 0 Å². The van der Waals surface area contributed by atoms with Gasteiger partial charge in [-0.25, -0.2) is 0 Å². The lowest BCUT2D eigenvalue weighted by molar-refractivity contribution is -0.384. The minimum atomic E-state index is -0.639. The number of carbonyl (C=O) groups is 1. The van der Waals surface area contributed by atoms with Gasteiger partial charge in [0.05, 0.1) is 4.92 Å². The maximum absolute atomic E-state index is 12.2. The number of carbonyl (C=O) groups excluding carboxylic acids is 1. The van der Waals surface area contributed by atoms with Gasteiger partial charge >= 0.3 is 0 Å². The average molecular weight is 355 g/mol. The molecule has 2 heterocycles. The summed E-state index contributed by atoms with van der Waals surface area (Å²) < 4.78 is 5.50. The zero-order chi connectivity index (χ0) is 16.4. The van der Waals surface area contributed by atoms with Gasteiger partial charge in [0.2, 0.25) is 5.13 Å². The number of nitrogens with one attached hydrogen (secondary N) is 1. The molecule has 1 aromatic heterocycles. The maximum atomic E-state index is 12.2. The van der Waals surface area contributed by atoms with Crippen LogP contribution < -0.4 is 5.32 Å². The van der Waals surface area contributed by atoms with Gasteiger partial charge in [-0.2, -0.15) is 0 Å². The number of nitro groups is 1. The van der Waals surface area contributed by atoms with Crippen LogP contribution in [0.1, 0.15) is 34.3 Å². The number of halogens is 1. The molecule has 1 N–H and O–H groups in total. The summed E-state index contributed by atoms with van der Waals surface area (Å²) in [5, 5.41) is 22.3. The van der Waals surface area contributed by atoms with Crippen LogP contribution in [0, 0.1) is 10.1 Å². The van der Waals surface area contributed by atoms with Crippen LogP contribution in [-0.2, 0) is 4.74 Å². The third-order valence-corrected chi connectivity index (χ3v) is 4.52. The number of aromatic nitrogens is 2. The highest BCUT2D eigenvalue weighted by atomic mass is 35.5. The van der Waals surface area contributed by atoms with E-state index in [1.54, 1.807) is 0 Å². The van der Waals surface area contributed by atoms with Crippen LogP contribution in [0.3, 0.4) is 0 Å². The molecule has 1 aromatic carbocycles. The SMILES string of the molecule is O=C(Nc1nnc(C2CCCO2)s1)c1ccc(Cl)c([N+](=O)[O-])c1. The van der Waals surface area contributed by atoms with Gasteiger partial charge in [0, 0.05) is 18.2 Å². The second-order valence-corrected chi connectivity index (χ2v) is 6.24. The molecule has 1 amide bonds. The number of nitro benzene ring substituents is 1. The zero-order valence-electron chi connectivity index (χ0n) is 11.7. The van der Waals surface area contributed by atoms with Crippen molar-refractivity contribution in [2.75, 3.05) is 11.9 Å². The number of amides is 1. The molecule has 23 heavy (non-hydrogen) atoms. The van der Waals surface area contributed by atoms with Crippen molar-refractivity contribution in [3.05, 3.63) is 43.9 Å². The number of hydrogen-bond acceptors (Lipinski definition) is 7. The standard InChI is InChI=1S/C13H11ClN4O4S/c14-8-4-3-7(6-9(8)18(20)21)11(19)15-13-17-16-12(23-13)10-2-1-5-22-10/h3-4,6,10H,1-2,5H2,(H,15,17,19). The average Bonchev–Trinajstić information content (AvgIpc) is 3.18. The Balaban J connectivity index is 1.74. The molecule has 1 fully saturated rings. The number of rotatable bonds is 4. The zero-order valence-corrected chi connectivity index (χ0v) is 13.3. The summed E-state index contributed by atoms with van der Waals surface area (Å²) in [7, 11) is 0. The van der Waals surface area contributed by atoms with E-state index in [2.05, 4.69) is 15.5 Å². The van der Waals surface area contributed by atoms with Gasteiger partial charge in [-0.3, -0.25) is 20.2 Å². The van der Waals surface area contributed by atoms with E-state index in [1.807, 2.05) is 0 Å². The van der Waals surface area contributed by atoms with Crippen molar-refractivity contribution < 1.29 is 14.5 Å². The van der Waals surface area contributed by atoms with Crippen molar-refractivity contribution in [3.8, 4) is 0 Å². The lowest BCUT2D eigenvalue weighted by Crippen LogP contribution is -2.12. The molecule has 10 heteroatoms. The first-order valence-corrected chi connectivity index (χ1v) is 7.94. The van der Waals surface area contributed by atoms with Crippen molar-refractivity contribution >= 4 is 39.7 Å². The van der Waals surface area contributed by atoms with E-state index < -0.39 is 10.8 Å². The molecular weight excluding hydrogens is 344 g/mol. The number of hydrogen-bond donors (Lipinski definition) is 1. The summed E-state index contributed by atoms with van der Waals surface area (Å²) in [6.07, 6.45) is 1.78. The first kappa shape index (κ1) is 15.8. The molecule has 0 saturated carbocycles. The highest BCUT2D eigenvalue weighted by molar-refractivity contribution is 7.15. The lowest BCUT2D eigenvalue weighted by Gasteiger charge is -2.03. The minimum Gasteiger partial charge on any atom is -0.371 e. The minimum absolute atomic E-state index is 0.0249. The van der Waals surface area contributed by atoms with Crippen LogP contribution in [0.4, 0.5) is 10.8 Å². The molecule has 0 bridgehead atoms. The smallest absolute Gasteiger partial charge is 0.288 e. The highest BCUT2D eigenvalue weighted by Gasteiger charge is 2.23. The fraction of sp³-hybridized carbons (Fsp3) is 0.308. The number of nitrogens with zero attached hydrogens (tertiary/aromatic N) is 3. The molecular formula is C13H11ClN4O4S. The maximum Gasteiger partial charge on any atom is 0.288 e. The topological polar surface area (TPSA) is 107 Å². The summed E-state index contributed by atoms with van der Waals surface area (Å²) in [6.45, 7) is 0.695. The first-order chi connectivity index (χ1) is 11.0. The summed E-state index contributed by atoms with van der Waals surface area (Å²) in [4.78, 5) is 22.4. The molecule has 0 spiro atoms. The van der Waals surface area contributed by atoms with Crippen molar-refractivity contribution in [2.45, 2.75) is 18.9 Å². The molecule has 3 rings (SSSR count). The molecule has 0 radical (unpaired) electrons. The number of anilines is 1. The third kappa shape index (κ3) is 3.46. The normalized spacial score (nSPS) is 17.2. The molecule has 1 unspecified atom stereocenters. The van der Waals surface area contributed by atoms with Crippen molar-refractivity contribution in [3.63, 3.8) is 0 Å². The Morgan fingerprint density at radius 1 is 1.48 bits per heavy atom. The Hall–Kier alpha value is -2.10. The summed E-state index contributed by atoms with van der Waals surface area (Å²) in [5.74, 6) is -0.514.